The van der Waals surface area contributed by atoms with Gasteiger partial charge in [0.05, 0.1) is 12.4 Å². The maximum atomic E-state index is 11.6. The molecule has 1 rings (SSSR count). The van der Waals surface area contributed by atoms with Crippen molar-refractivity contribution in [3.8, 4) is 0 Å². The fourth-order valence-electron chi connectivity index (χ4n) is 1.28. The van der Waals surface area contributed by atoms with Crippen molar-refractivity contribution in [2.24, 2.45) is 0 Å². The van der Waals surface area contributed by atoms with Crippen molar-refractivity contribution in [2.45, 2.75) is 11.7 Å². The van der Waals surface area contributed by atoms with Crippen LogP contribution in [0.4, 0.5) is 0 Å². The van der Waals surface area contributed by atoms with E-state index in [9.17, 15) is 14.4 Å². The van der Waals surface area contributed by atoms with Gasteiger partial charge in [0, 0.05) is 25.9 Å². The third kappa shape index (κ3) is 5.85. The Morgan fingerprint density at radius 1 is 1.55 bits per heavy atom. The van der Waals surface area contributed by atoms with Gasteiger partial charge in [0.2, 0.25) is 5.91 Å². The molecule has 1 aromatic heterocycles. The molecule has 0 atom stereocenters. The molecule has 2 N–H and O–H groups in total. The fraction of sp³-hybridized carbons (Fsp3) is 0.455. The molecule has 0 unspecified atom stereocenters. The quantitative estimate of drug-likeness (QED) is 0.367. The van der Waals surface area contributed by atoms with Crippen molar-refractivity contribution >= 4 is 23.6 Å². The Labute approximate surface area is 119 Å². The Bertz CT molecular complexity index is 531. The minimum Gasteiger partial charge on any atom is -0.481 e. The SMILES string of the molecule is COCCNC(=O)Cn1ccc(=O)nc1SCC(=O)O. The number of carbonyl (C=O) groups excluding carboxylic acids is 1. The van der Waals surface area contributed by atoms with Crippen molar-refractivity contribution in [1.82, 2.24) is 14.9 Å². The molecule has 1 aromatic rings. The molecule has 0 saturated heterocycles. The van der Waals surface area contributed by atoms with E-state index in [1.54, 1.807) is 0 Å². The number of thioether (sulfide) groups is 1. The number of carboxylic acid groups (broad SMARTS) is 1. The molecule has 0 fully saturated rings. The Morgan fingerprint density at radius 3 is 2.95 bits per heavy atom. The first-order valence-electron chi connectivity index (χ1n) is 5.70. The summed E-state index contributed by atoms with van der Waals surface area (Å²) in [6.07, 6.45) is 1.41. The van der Waals surface area contributed by atoms with Crippen LogP contribution >= 0.6 is 11.8 Å². The van der Waals surface area contributed by atoms with Crippen LogP contribution in [0, 0.1) is 0 Å². The van der Waals surface area contributed by atoms with Crippen molar-refractivity contribution in [2.75, 3.05) is 26.0 Å². The summed E-state index contributed by atoms with van der Waals surface area (Å²) in [5.41, 5.74) is -0.478. The Morgan fingerprint density at radius 2 is 2.30 bits per heavy atom. The van der Waals surface area contributed by atoms with Gasteiger partial charge in [0.25, 0.3) is 5.56 Å². The average molecular weight is 301 g/mol. The van der Waals surface area contributed by atoms with E-state index in [2.05, 4.69) is 10.3 Å². The first kappa shape index (κ1) is 16.2. The summed E-state index contributed by atoms with van der Waals surface area (Å²) in [7, 11) is 1.53. The molecule has 110 valence electrons. The van der Waals surface area contributed by atoms with Crippen LogP contribution in [-0.4, -0.2) is 52.5 Å². The van der Waals surface area contributed by atoms with E-state index in [1.165, 1.54) is 23.9 Å². The number of carbonyl (C=O) groups is 2. The molecule has 1 amide bonds. The number of nitrogens with one attached hydrogen (secondary N) is 1. The van der Waals surface area contributed by atoms with Gasteiger partial charge in [-0.2, -0.15) is 4.98 Å². The fourth-order valence-corrected chi connectivity index (χ4v) is 1.98. The molecule has 0 saturated carbocycles. The molecule has 20 heavy (non-hydrogen) atoms. The molecule has 1 heterocycles. The lowest BCUT2D eigenvalue weighted by atomic mass is 10.5. The van der Waals surface area contributed by atoms with E-state index < -0.39 is 11.5 Å². The number of nitrogens with zero attached hydrogens (tertiary/aromatic N) is 2. The van der Waals surface area contributed by atoms with Gasteiger partial charge in [0.15, 0.2) is 5.16 Å². The first-order valence-corrected chi connectivity index (χ1v) is 6.69. The second-order valence-corrected chi connectivity index (χ2v) is 4.64. The van der Waals surface area contributed by atoms with Gasteiger partial charge in [-0.3, -0.25) is 14.4 Å². The molecule has 8 nitrogen and oxygen atoms in total. The molecule has 0 aliphatic heterocycles. The van der Waals surface area contributed by atoms with Crippen molar-refractivity contribution in [3.05, 3.63) is 22.6 Å². The summed E-state index contributed by atoms with van der Waals surface area (Å²) in [6, 6.07) is 1.22. The van der Waals surface area contributed by atoms with Crippen LogP contribution in [-0.2, 0) is 20.9 Å². The lowest BCUT2D eigenvalue weighted by molar-refractivity contribution is -0.133. The van der Waals surface area contributed by atoms with E-state index in [4.69, 9.17) is 9.84 Å². The number of hydrogen-bond acceptors (Lipinski definition) is 6. The lowest BCUT2D eigenvalue weighted by Crippen LogP contribution is -2.31. The van der Waals surface area contributed by atoms with Crippen molar-refractivity contribution in [1.29, 1.82) is 0 Å². The normalized spacial score (nSPS) is 10.2. The highest BCUT2D eigenvalue weighted by molar-refractivity contribution is 7.99. The second-order valence-electron chi connectivity index (χ2n) is 3.70. The zero-order valence-corrected chi connectivity index (χ0v) is 11.7. The van der Waals surface area contributed by atoms with Crippen LogP contribution in [0.3, 0.4) is 0 Å². The summed E-state index contributed by atoms with van der Waals surface area (Å²) in [5, 5.41) is 11.4. The first-order chi connectivity index (χ1) is 9.52. The van der Waals surface area contributed by atoms with Crippen LogP contribution < -0.4 is 10.9 Å². The summed E-state index contributed by atoms with van der Waals surface area (Å²) >= 11 is 0.887. The number of aromatic nitrogens is 2. The number of aliphatic carboxylic acids is 1. The molecule has 0 radical (unpaired) electrons. The molecular formula is C11H15N3O5S. The van der Waals surface area contributed by atoms with E-state index in [0.717, 1.165) is 11.8 Å². The summed E-state index contributed by atoms with van der Waals surface area (Å²) < 4.78 is 6.23. The van der Waals surface area contributed by atoms with E-state index >= 15 is 0 Å². The number of ether oxygens (including phenoxy) is 1. The standard InChI is InChI=1S/C11H15N3O5S/c1-19-5-3-12-9(16)6-14-4-2-8(15)13-11(14)20-7-10(17)18/h2,4H,3,5-7H2,1H3,(H,12,16)(H,17,18). The molecule has 0 spiro atoms. The van der Waals surface area contributed by atoms with Gasteiger partial charge in [-0.1, -0.05) is 11.8 Å². The van der Waals surface area contributed by atoms with Crippen LogP contribution in [0.1, 0.15) is 0 Å². The molecule has 0 aromatic carbocycles. The highest BCUT2D eigenvalue weighted by Crippen LogP contribution is 2.13. The number of amides is 1. The highest BCUT2D eigenvalue weighted by Gasteiger charge is 2.09. The topological polar surface area (TPSA) is 111 Å². The third-order valence-electron chi connectivity index (χ3n) is 2.12. The number of methoxy groups -OCH3 is 1. The summed E-state index contributed by atoms with van der Waals surface area (Å²) in [4.78, 5) is 37.1. The van der Waals surface area contributed by atoms with Crippen molar-refractivity contribution < 1.29 is 19.4 Å². The largest absolute Gasteiger partial charge is 0.481 e. The molecule has 0 bridgehead atoms. The third-order valence-corrected chi connectivity index (χ3v) is 3.09. The Balaban J connectivity index is 2.70. The van der Waals surface area contributed by atoms with E-state index in [-0.39, 0.29) is 23.4 Å². The van der Waals surface area contributed by atoms with Gasteiger partial charge in [0.1, 0.15) is 6.54 Å². The number of rotatable bonds is 8. The van der Waals surface area contributed by atoms with Gasteiger partial charge >= 0.3 is 5.97 Å². The van der Waals surface area contributed by atoms with Gasteiger partial charge in [-0.15, -0.1) is 0 Å². The molecule has 0 aliphatic carbocycles. The smallest absolute Gasteiger partial charge is 0.313 e. The van der Waals surface area contributed by atoms with Gasteiger partial charge in [-0.25, -0.2) is 0 Å². The average Bonchev–Trinajstić information content (AvgIpc) is 2.39. The highest BCUT2D eigenvalue weighted by atomic mass is 32.2. The zero-order chi connectivity index (χ0) is 15.0. The number of carboxylic acids is 1. The Hall–Kier alpha value is -1.87. The minimum atomic E-state index is -1.02. The predicted octanol–water partition coefficient (Wildman–Crippen LogP) is -0.817. The van der Waals surface area contributed by atoms with Crippen LogP contribution in [0.15, 0.2) is 22.2 Å². The van der Waals surface area contributed by atoms with Gasteiger partial charge < -0.3 is 19.7 Å². The summed E-state index contributed by atoms with van der Waals surface area (Å²) in [5.74, 6) is -1.53. The van der Waals surface area contributed by atoms with Crippen LogP contribution in [0.2, 0.25) is 0 Å². The van der Waals surface area contributed by atoms with Crippen molar-refractivity contribution in [3.63, 3.8) is 0 Å². The minimum absolute atomic E-state index is 0.0427. The van der Waals surface area contributed by atoms with Crippen LogP contribution in [0.25, 0.3) is 0 Å². The van der Waals surface area contributed by atoms with Gasteiger partial charge in [-0.05, 0) is 0 Å². The second kappa shape index (κ2) is 8.33. The van der Waals surface area contributed by atoms with E-state index in [1.807, 2.05) is 0 Å². The molecule has 9 heteroatoms. The monoisotopic (exact) mass is 301 g/mol. The maximum absolute atomic E-state index is 11.6. The number of hydrogen-bond donors (Lipinski definition) is 2. The Kier molecular flexibility index (Phi) is 6.74. The lowest BCUT2D eigenvalue weighted by Gasteiger charge is -2.11. The predicted molar refractivity (Wildman–Crippen MR) is 71.7 cm³/mol. The molecule has 0 aliphatic rings. The zero-order valence-electron chi connectivity index (χ0n) is 10.9. The van der Waals surface area contributed by atoms with Crippen LogP contribution in [0.5, 0.6) is 0 Å². The van der Waals surface area contributed by atoms with E-state index in [0.29, 0.717) is 13.2 Å². The summed E-state index contributed by atoms with van der Waals surface area (Å²) in [6.45, 7) is 0.730. The molecular weight excluding hydrogens is 286 g/mol. The maximum Gasteiger partial charge on any atom is 0.313 e.